The minimum Gasteiger partial charge on any atom is -0.454 e. The molecule has 0 aliphatic carbocycles. The van der Waals surface area contributed by atoms with Gasteiger partial charge in [0.25, 0.3) is 5.91 Å². The molecule has 1 N–H and O–H groups in total. The predicted molar refractivity (Wildman–Crippen MR) is 104 cm³/mol. The molecule has 0 bridgehead atoms. The summed E-state index contributed by atoms with van der Waals surface area (Å²) in [6, 6.07) is 17.1. The molecule has 2 aliphatic heterocycles. The first kappa shape index (κ1) is 16.6. The van der Waals surface area contributed by atoms with E-state index in [4.69, 9.17) is 9.47 Å². The third kappa shape index (κ3) is 3.00. The minimum atomic E-state index is -0.322. The normalized spacial score (nSPS) is 14.5. The van der Waals surface area contributed by atoms with Crippen molar-refractivity contribution < 1.29 is 14.3 Å². The maximum atomic E-state index is 12.5. The zero-order valence-corrected chi connectivity index (χ0v) is 15.1. The van der Waals surface area contributed by atoms with Crippen molar-refractivity contribution in [1.29, 1.82) is 0 Å². The second-order valence-electron chi connectivity index (χ2n) is 6.68. The minimum absolute atomic E-state index is 0.194. The average molecular weight is 374 g/mol. The first-order valence-electron chi connectivity index (χ1n) is 9.18. The monoisotopic (exact) mass is 374 g/mol. The number of nitrogens with one attached hydrogen (secondary N) is 1. The number of benzene rings is 2. The number of anilines is 3. The van der Waals surface area contributed by atoms with Crippen molar-refractivity contribution in [2.75, 3.05) is 23.6 Å². The summed E-state index contributed by atoms with van der Waals surface area (Å²) in [5, 5.41) is 11.2. The molecule has 2 aliphatic rings. The number of nitrogens with zero attached hydrogens (tertiary/aromatic N) is 3. The van der Waals surface area contributed by atoms with E-state index in [-0.39, 0.29) is 18.4 Å². The molecule has 1 amide bonds. The van der Waals surface area contributed by atoms with E-state index in [0.29, 0.717) is 17.2 Å². The molecule has 0 saturated heterocycles. The zero-order valence-electron chi connectivity index (χ0n) is 15.1. The second kappa shape index (κ2) is 6.84. The fourth-order valence-corrected chi connectivity index (χ4v) is 3.53. The Morgan fingerprint density at radius 1 is 1.00 bits per heavy atom. The Labute approximate surface area is 161 Å². The van der Waals surface area contributed by atoms with Crippen LogP contribution >= 0.6 is 0 Å². The van der Waals surface area contributed by atoms with E-state index >= 15 is 0 Å². The van der Waals surface area contributed by atoms with Gasteiger partial charge in [0.1, 0.15) is 0 Å². The molecule has 7 heteroatoms. The van der Waals surface area contributed by atoms with E-state index < -0.39 is 0 Å². The van der Waals surface area contributed by atoms with Crippen molar-refractivity contribution in [2.45, 2.75) is 12.8 Å². The average Bonchev–Trinajstić information content (AvgIpc) is 3.21. The Hall–Kier alpha value is -3.61. The van der Waals surface area contributed by atoms with Gasteiger partial charge in [0.2, 0.25) is 6.79 Å². The number of hydrogen-bond donors (Lipinski definition) is 1. The number of aryl methyl sites for hydroxylation is 1. The third-order valence-electron chi connectivity index (χ3n) is 4.90. The van der Waals surface area contributed by atoms with Crippen molar-refractivity contribution in [2.24, 2.45) is 0 Å². The van der Waals surface area contributed by atoms with Crippen LogP contribution in [0, 0.1) is 0 Å². The van der Waals surface area contributed by atoms with E-state index in [0.717, 1.165) is 30.9 Å². The SMILES string of the molecule is O=C(Nc1ccc2c(c1)OCO2)c1ccc(N2CCCc3ccccc32)nn1. The fraction of sp³-hybridized carbons (Fsp3) is 0.190. The van der Waals surface area contributed by atoms with E-state index in [2.05, 4.69) is 38.6 Å². The number of carbonyl (C=O) groups excluding carboxylic acids is 1. The summed E-state index contributed by atoms with van der Waals surface area (Å²) < 4.78 is 10.6. The molecule has 0 spiro atoms. The largest absolute Gasteiger partial charge is 0.454 e. The second-order valence-corrected chi connectivity index (χ2v) is 6.68. The smallest absolute Gasteiger partial charge is 0.276 e. The Balaban J connectivity index is 1.33. The van der Waals surface area contributed by atoms with Crippen LogP contribution < -0.4 is 19.7 Å². The molecule has 5 rings (SSSR count). The highest BCUT2D eigenvalue weighted by Gasteiger charge is 2.20. The van der Waals surface area contributed by atoms with Gasteiger partial charge in [-0.2, -0.15) is 0 Å². The molecule has 3 aromatic rings. The quantitative estimate of drug-likeness (QED) is 0.756. The molecule has 2 aromatic carbocycles. The van der Waals surface area contributed by atoms with E-state index in [1.807, 2.05) is 12.1 Å². The molecule has 0 radical (unpaired) electrons. The summed E-state index contributed by atoms with van der Waals surface area (Å²) in [7, 11) is 0. The lowest BCUT2D eigenvalue weighted by Gasteiger charge is -2.29. The molecule has 0 atom stereocenters. The number of aromatic nitrogens is 2. The van der Waals surface area contributed by atoms with E-state index in [1.165, 1.54) is 5.56 Å². The van der Waals surface area contributed by atoms with Crippen LogP contribution in [-0.4, -0.2) is 29.4 Å². The van der Waals surface area contributed by atoms with Crippen LogP contribution in [0.5, 0.6) is 11.5 Å². The molecule has 7 nitrogen and oxygen atoms in total. The Bertz CT molecular complexity index is 1040. The van der Waals surface area contributed by atoms with Gasteiger partial charge < -0.3 is 19.7 Å². The molecule has 1 aromatic heterocycles. The molecule has 0 unspecified atom stereocenters. The first-order valence-corrected chi connectivity index (χ1v) is 9.18. The van der Waals surface area contributed by atoms with Crippen LogP contribution in [0.3, 0.4) is 0 Å². The highest BCUT2D eigenvalue weighted by atomic mass is 16.7. The maximum absolute atomic E-state index is 12.5. The maximum Gasteiger partial charge on any atom is 0.276 e. The van der Waals surface area contributed by atoms with Gasteiger partial charge in [-0.1, -0.05) is 18.2 Å². The summed E-state index contributed by atoms with van der Waals surface area (Å²) in [5.74, 6) is 1.70. The van der Waals surface area contributed by atoms with Crippen LogP contribution in [0.2, 0.25) is 0 Å². The fourth-order valence-electron chi connectivity index (χ4n) is 3.53. The number of ether oxygens (including phenoxy) is 2. The Morgan fingerprint density at radius 2 is 1.89 bits per heavy atom. The number of fused-ring (bicyclic) bond motifs is 2. The molecule has 28 heavy (non-hydrogen) atoms. The van der Waals surface area contributed by atoms with Crippen LogP contribution in [0.1, 0.15) is 22.5 Å². The molecule has 0 saturated carbocycles. The molecular formula is C21H18N4O3. The molecular weight excluding hydrogens is 356 g/mol. The number of carbonyl (C=O) groups is 1. The lowest BCUT2D eigenvalue weighted by molar-refractivity contribution is 0.102. The van der Waals surface area contributed by atoms with Crippen molar-refractivity contribution in [3.05, 3.63) is 65.9 Å². The van der Waals surface area contributed by atoms with E-state index in [9.17, 15) is 4.79 Å². The molecule has 0 fully saturated rings. The third-order valence-corrected chi connectivity index (χ3v) is 4.90. The highest BCUT2D eigenvalue weighted by molar-refractivity contribution is 6.03. The van der Waals surface area contributed by atoms with Crippen molar-refractivity contribution in [3.8, 4) is 11.5 Å². The summed E-state index contributed by atoms with van der Waals surface area (Å²) in [6.07, 6.45) is 2.13. The standard InChI is InChI=1S/C21H18N4O3/c26-21(22-15-7-9-18-19(12-15)28-13-27-18)16-8-10-20(24-23-16)25-11-3-5-14-4-1-2-6-17(14)25/h1-2,4,6-10,12H,3,5,11,13H2,(H,22,26). The number of hydrogen-bond acceptors (Lipinski definition) is 6. The zero-order chi connectivity index (χ0) is 18.9. The van der Waals surface area contributed by atoms with Gasteiger partial charge in [-0.3, -0.25) is 4.79 Å². The summed E-state index contributed by atoms with van der Waals surface area (Å²) >= 11 is 0. The number of amides is 1. The van der Waals surface area contributed by atoms with Gasteiger partial charge in [-0.15, -0.1) is 10.2 Å². The van der Waals surface area contributed by atoms with Gasteiger partial charge in [0, 0.05) is 24.0 Å². The van der Waals surface area contributed by atoms with Crippen LogP contribution in [-0.2, 0) is 6.42 Å². The Kier molecular flexibility index (Phi) is 4.05. The number of para-hydroxylation sites is 1. The van der Waals surface area contributed by atoms with Crippen molar-refractivity contribution >= 4 is 23.1 Å². The highest BCUT2D eigenvalue weighted by Crippen LogP contribution is 2.34. The van der Waals surface area contributed by atoms with Crippen LogP contribution in [0.15, 0.2) is 54.6 Å². The number of rotatable bonds is 3. The summed E-state index contributed by atoms with van der Waals surface area (Å²) in [5.41, 5.74) is 3.33. The lowest BCUT2D eigenvalue weighted by Crippen LogP contribution is -2.26. The van der Waals surface area contributed by atoms with E-state index in [1.54, 1.807) is 24.3 Å². The van der Waals surface area contributed by atoms with Gasteiger partial charge in [0.15, 0.2) is 23.0 Å². The summed E-state index contributed by atoms with van der Waals surface area (Å²) in [6.45, 7) is 1.08. The molecule has 140 valence electrons. The lowest BCUT2D eigenvalue weighted by atomic mass is 10.0. The summed E-state index contributed by atoms with van der Waals surface area (Å²) in [4.78, 5) is 14.6. The van der Waals surface area contributed by atoms with Crippen LogP contribution in [0.4, 0.5) is 17.2 Å². The molecule has 3 heterocycles. The van der Waals surface area contributed by atoms with Crippen LogP contribution in [0.25, 0.3) is 0 Å². The predicted octanol–water partition coefficient (Wildman–Crippen LogP) is 3.54. The van der Waals surface area contributed by atoms with Gasteiger partial charge in [-0.05, 0) is 48.7 Å². The van der Waals surface area contributed by atoms with Gasteiger partial charge in [0.05, 0.1) is 0 Å². The van der Waals surface area contributed by atoms with Crippen molar-refractivity contribution in [1.82, 2.24) is 10.2 Å². The Morgan fingerprint density at radius 3 is 2.79 bits per heavy atom. The first-order chi connectivity index (χ1) is 13.8. The van der Waals surface area contributed by atoms with Gasteiger partial charge >= 0.3 is 0 Å². The van der Waals surface area contributed by atoms with Crippen molar-refractivity contribution in [3.63, 3.8) is 0 Å². The van der Waals surface area contributed by atoms with Gasteiger partial charge in [-0.25, -0.2) is 0 Å². The topological polar surface area (TPSA) is 76.6 Å².